The number of anilines is 2. The minimum atomic E-state index is -0.640. The first-order valence-electron chi connectivity index (χ1n) is 11.0. The van der Waals surface area contributed by atoms with Crippen molar-refractivity contribution in [3.63, 3.8) is 0 Å². The average molecular weight is 429 g/mol. The van der Waals surface area contributed by atoms with Crippen LogP contribution in [0, 0.1) is 5.92 Å². The second-order valence-corrected chi connectivity index (χ2v) is 8.15. The normalized spacial score (nSPS) is 14.1. The van der Waals surface area contributed by atoms with Gasteiger partial charge in [-0.3, -0.25) is 19.1 Å². The molecule has 3 N–H and O–H groups in total. The molecule has 0 spiro atoms. The first kappa shape index (κ1) is 22.8. The van der Waals surface area contributed by atoms with Crippen LogP contribution in [0.5, 0.6) is 0 Å². The number of carbonyl (C=O) groups excluding carboxylic acids is 1. The van der Waals surface area contributed by atoms with Gasteiger partial charge in [0.2, 0.25) is 5.91 Å². The number of hydrogen-bond acceptors (Lipinski definition) is 5. The van der Waals surface area contributed by atoms with E-state index in [0.717, 1.165) is 24.8 Å². The highest BCUT2D eigenvalue weighted by atomic mass is 16.5. The van der Waals surface area contributed by atoms with Gasteiger partial charge >= 0.3 is 5.69 Å². The van der Waals surface area contributed by atoms with E-state index in [-0.39, 0.29) is 24.0 Å². The third-order valence-corrected chi connectivity index (χ3v) is 5.94. The number of nitrogens with zero attached hydrogens (tertiary/aromatic N) is 2. The number of aromatic nitrogens is 2. The lowest BCUT2D eigenvalue weighted by Gasteiger charge is -2.25. The summed E-state index contributed by atoms with van der Waals surface area (Å²) in [5.41, 5.74) is 5.99. The fourth-order valence-corrected chi connectivity index (χ4v) is 4.25. The highest BCUT2D eigenvalue weighted by molar-refractivity contribution is 5.95. The maximum atomic E-state index is 13.1. The molecule has 1 aromatic heterocycles. The molecule has 168 valence electrons. The van der Waals surface area contributed by atoms with E-state index >= 15 is 0 Å². The van der Waals surface area contributed by atoms with Crippen molar-refractivity contribution in [3.8, 4) is 0 Å². The zero-order chi connectivity index (χ0) is 22.2. The van der Waals surface area contributed by atoms with Crippen LogP contribution >= 0.6 is 0 Å². The van der Waals surface area contributed by atoms with Crippen LogP contribution in [0.2, 0.25) is 0 Å². The molecule has 1 fully saturated rings. The SMILES string of the molecule is COCCCN(C(=O)CCC1CCCC1)c1c(N)n(Cc2ccccc2)c(=O)[nH]c1=O. The Hall–Kier alpha value is -2.87. The Morgan fingerprint density at radius 1 is 1.23 bits per heavy atom. The minimum Gasteiger partial charge on any atom is -0.385 e. The summed E-state index contributed by atoms with van der Waals surface area (Å²) in [4.78, 5) is 42.1. The average Bonchev–Trinajstić information content (AvgIpc) is 3.28. The van der Waals surface area contributed by atoms with E-state index in [0.29, 0.717) is 31.9 Å². The van der Waals surface area contributed by atoms with Crippen LogP contribution in [0.3, 0.4) is 0 Å². The summed E-state index contributed by atoms with van der Waals surface area (Å²) in [5.74, 6) is 0.418. The smallest absolute Gasteiger partial charge is 0.330 e. The van der Waals surface area contributed by atoms with Crippen molar-refractivity contribution in [1.82, 2.24) is 9.55 Å². The van der Waals surface area contributed by atoms with Gasteiger partial charge in [-0.25, -0.2) is 4.79 Å². The van der Waals surface area contributed by atoms with E-state index in [1.165, 1.54) is 22.3 Å². The van der Waals surface area contributed by atoms with Crippen LogP contribution in [0.4, 0.5) is 11.5 Å². The predicted molar refractivity (Wildman–Crippen MR) is 121 cm³/mol. The lowest BCUT2D eigenvalue weighted by molar-refractivity contribution is -0.119. The fourth-order valence-electron chi connectivity index (χ4n) is 4.25. The zero-order valence-electron chi connectivity index (χ0n) is 18.1. The third-order valence-electron chi connectivity index (χ3n) is 5.94. The molecule has 1 aliphatic carbocycles. The molecule has 8 heteroatoms. The summed E-state index contributed by atoms with van der Waals surface area (Å²) in [5, 5.41) is 0. The summed E-state index contributed by atoms with van der Waals surface area (Å²) < 4.78 is 6.43. The van der Waals surface area contributed by atoms with Gasteiger partial charge in [0.25, 0.3) is 5.56 Å². The number of carbonyl (C=O) groups is 1. The van der Waals surface area contributed by atoms with Crippen molar-refractivity contribution in [2.24, 2.45) is 5.92 Å². The fraction of sp³-hybridized carbons (Fsp3) is 0.522. The molecule has 1 amide bonds. The number of H-pyrrole nitrogens is 1. The van der Waals surface area contributed by atoms with E-state index in [9.17, 15) is 14.4 Å². The van der Waals surface area contributed by atoms with Gasteiger partial charge in [-0.15, -0.1) is 0 Å². The molecule has 0 bridgehead atoms. The molecule has 1 heterocycles. The molecule has 1 aliphatic rings. The summed E-state index contributed by atoms with van der Waals surface area (Å²) >= 11 is 0. The molecule has 1 saturated carbocycles. The van der Waals surface area contributed by atoms with E-state index in [4.69, 9.17) is 10.5 Å². The summed E-state index contributed by atoms with van der Waals surface area (Å²) in [7, 11) is 1.59. The van der Waals surface area contributed by atoms with Crippen molar-refractivity contribution >= 4 is 17.4 Å². The van der Waals surface area contributed by atoms with Crippen LogP contribution in [0.25, 0.3) is 0 Å². The number of amides is 1. The number of aromatic amines is 1. The Balaban J connectivity index is 1.90. The maximum Gasteiger partial charge on any atom is 0.330 e. The van der Waals surface area contributed by atoms with Crippen LogP contribution < -0.4 is 21.9 Å². The Morgan fingerprint density at radius 3 is 2.61 bits per heavy atom. The standard InChI is InChI=1S/C23H32N4O4/c1-31-15-7-14-26(19(28)13-12-17-8-5-6-9-17)20-21(24)27(23(30)25-22(20)29)16-18-10-3-2-4-11-18/h2-4,10-11,17H,5-9,12-16,24H2,1H3,(H,25,29,30). The molecule has 31 heavy (non-hydrogen) atoms. The molecule has 0 aliphatic heterocycles. The number of benzene rings is 1. The monoisotopic (exact) mass is 428 g/mol. The summed E-state index contributed by atoms with van der Waals surface area (Å²) in [6.07, 6.45) is 6.46. The van der Waals surface area contributed by atoms with Crippen molar-refractivity contribution < 1.29 is 9.53 Å². The molecule has 0 unspecified atom stereocenters. The van der Waals surface area contributed by atoms with Gasteiger partial charge in [0.15, 0.2) is 5.69 Å². The Labute approximate surface area is 182 Å². The first-order valence-corrected chi connectivity index (χ1v) is 11.0. The Bertz CT molecular complexity index is 977. The van der Waals surface area contributed by atoms with E-state index < -0.39 is 11.2 Å². The van der Waals surface area contributed by atoms with E-state index in [1.54, 1.807) is 7.11 Å². The van der Waals surface area contributed by atoms with Gasteiger partial charge in [-0.1, -0.05) is 56.0 Å². The lowest BCUT2D eigenvalue weighted by Crippen LogP contribution is -2.42. The summed E-state index contributed by atoms with van der Waals surface area (Å²) in [6.45, 7) is 0.958. The van der Waals surface area contributed by atoms with E-state index in [2.05, 4.69) is 4.98 Å². The maximum absolute atomic E-state index is 13.1. The quantitative estimate of drug-likeness (QED) is 0.565. The van der Waals surface area contributed by atoms with Crippen molar-refractivity contribution in [3.05, 3.63) is 56.7 Å². The largest absolute Gasteiger partial charge is 0.385 e. The number of hydrogen-bond donors (Lipinski definition) is 2. The van der Waals surface area contributed by atoms with Crippen LogP contribution in [-0.2, 0) is 16.1 Å². The Morgan fingerprint density at radius 2 is 1.94 bits per heavy atom. The number of nitrogens with one attached hydrogen (secondary N) is 1. The van der Waals surface area contributed by atoms with E-state index in [1.807, 2.05) is 30.3 Å². The molecule has 2 aromatic rings. The van der Waals surface area contributed by atoms with Crippen molar-refractivity contribution in [2.45, 2.75) is 51.5 Å². The van der Waals surface area contributed by atoms with Crippen LogP contribution in [-0.4, -0.2) is 35.7 Å². The van der Waals surface area contributed by atoms with Crippen LogP contribution in [0.15, 0.2) is 39.9 Å². The zero-order valence-corrected chi connectivity index (χ0v) is 18.1. The minimum absolute atomic E-state index is 0.00392. The molecule has 8 nitrogen and oxygen atoms in total. The third kappa shape index (κ3) is 5.85. The van der Waals surface area contributed by atoms with Crippen molar-refractivity contribution in [1.29, 1.82) is 0 Å². The van der Waals surface area contributed by atoms with Gasteiger partial charge in [0.05, 0.1) is 6.54 Å². The molecule has 0 atom stereocenters. The number of nitrogen functional groups attached to an aromatic ring is 1. The number of nitrogens with two attached hydrogens (primary N) is 1. The van der Waals surface area contributed by atoms with Crippen LogP contribution in [0.1, 0.15) is 50.5 Å². The number of rotatable bonds is 10. The first-order chi connectivity index (χ1) is 15.0. The predicted octanol–water partition coefficient (Wildman–Crippen LogP) is 2.51. The lowest BCUT2D eigenvalue weighted by atomic mass is 10.0. The second kappa shape index (κ2) is 10.9. The highest BCUT2D eigenvalue weighted by Crippen LogP contribution is 2.29. The Kier molecular flexibility index (Phi) is 8.06. The number of ether oxygens (including phenoxy) is 1. The topological polar surface area (TPSA) is 110 Å². The van der Waals surface area contributed by atoms with Gasteiger partial charge in [-0.2, -0.15) is 0 Å². The van der Waals surface area contributed by atoms with Crippen molar-refractivity contribution in [2.75, 3.05) is 30.9 Å². The molecule has 1 aromatic carbocycles. The molecular formula is C23H32N4O4. The molecular weight excluding hydrogens is 396 g/mol. The highest BCUT2D eigenvalue weighted by Gasteiger charge is 2.25. The number of methoxy groups -OCH3 is 1. The van der Waals surface area contributed by atoms with Gasteiger partial charge in [-0.05, 0) is 24.3 Å². The van der Waals surface area contributed by atoms with Gasteiger partial charge in [0.1, 0.15) is 5.82 Å². The molecule has 0 radical (unpaired) electrons. The molecule has 3 rings (SSSR count). The van der Waals surface area contributed by atoms with Gasteiger partial charge in [0, 0.05) is 26.7 Å². The second-order valence-electron chi connectivity index (χ2n) is 8.15. The summed E-state index contributed by atoms with van der Waals surface area (Å²) in [6, 6.07) is 9.37. The molecule has 0 saturated heterocycles. The van der Waals surface area contributed by atoms with Gasteiger partial charge < -0.3 is 15.4 Å².